The first-order valence-electron chi connectivity index (χ1n) is 3.12. The van der Waals surface area contributed by atoms with Gasteiger partial charge in [-0.15, -0.1) is 0 Å². The molecule has 0 bridgehead atoms. The molecule has 0 aromatic rings. The first-order chi connectivity index (χ1) is 4.24. The molecule has 0 aromatic carbocycles. The van der Waals surface area contributed by atoms with Crippen molar-refractivity contribution in [3.8, 4) is 0 Å². The van der Waals surface area contributed by atoms with Crippen LogP contribution in [0.5, 0.6) is 0 Å². The maximum atomic E-state index is 10.6. The van der Waals surface area contributed by atoms with E-state index in [1.807, 2.05) is 6.92 Å². The Morgan fingerprint density at radius 3 is 2.78 bits per heavy atom. The summed E-state index contributed by atoms with van der Waals surface area (Å²) in [6.07, 6.45) is 1.71. The number of hydrogen-bond donors (Lipinski definition) is 0. The number of rotatable bonds is 1. The summed E-state index contributed by atoms with van der Waals surface area (Å²) < 4.78 is 4.88. The third-order valence-corrected chi connectivity index (χ3v) is 1.49. The summed E-state index contributed by atoms with van der Waals surface area (Å²) in [5.41, 5.74) is 0.613. The smallest absolute Gasteiger partial charge is 0.333 e. The fourth-order valence-corrected chi connectivity index (χ4v) is 0.862. The van der Waals surface area contributed by atoms with Crippen LogP contribution >= 0.6 is 0 Å². The fourth-order valence-electron chi connectivity index (χ4n) is 0.862. The molecule has 0 aromatic heterocycles. The van der Waals surface area contributed by atoms with E-state index in [1.54, 1.807) is 0 Å². The highest BCUT2D eigenvalue weighted by atomic mass is 16.5. The Labute approximate surface area is 54.5 Å². The molecule has 0 N–H and O–H groups in total. The van der Waals surface area contributed by atoms with E-state index in [9.17, 15) is 4.79 Å². The SMILES string of the molecule is C=C1CC(CC)OC1=O. The van der Waals surface area contributed by atoms with E-state index >= 15 is 0 Å². The molecule has 50 valence electrons. The molecular weight excluding hydrogens is 116 g/mol. The van der Waals surface area contributed by atoms with Gasteiger partial charge in [0.25, 0.3) is 0 Å². The maximum absolute atomic E-state index is 10.6. The van der Waals surface area contributed by atoms with Gasteiger partial charge in [0.2, 0.25) is 0 Å². The van der Waals surface area contributed by atoms with Crippen molar-refractivity contribution in [2.45, 2.75) is 25.9 Å². The minimum absolute atomic E-state index is 0.102. The van der Waals surface area contributed by atoms with Crippen LogP contribution in [0.4, 0.5) is 0 Å². The molecule has 0 aliphatic carbocycles. The van der Waals surface area contributed by atoms with E-state index in [2.05, 4.69) is 6.58 Å². The summed E-state index contributed by atoms with van der Waals surface area (Å²) in [5, 5.41) is 0. The lowest BCUT2D eigenvalue weighted by atomic mass is 10.1. The summed E-state index contributed by atoms with van der Waals surface area (Å²) >= 11 is 0. The predicted octanol–water partition coefficient (Wildman–Crippen LogP) is 1.27. The lowest BCUT2D eigenvalue weighted by molar-refractivity contribution is -0.138. The molecule has 9 heavy (non-hydrogen) atoms. The molecule has 1 fully saturated rings. The first-order valence-corrected chi connectivity index (χ1v) is 3.12. The quantitative estimate of drug-likeness (QED) is 0.390. The number of ether oxygens (including phenoxy) is 1. The van der Waals surface area contributed by atoms with Gasteiger partial charge < -0.3 is 4.74 Å². The molecule has 1 aliphatic rings. The minimum Gasteiger partial charge on any atom is -0.459 e. The van der Waals surface area contributed by atoms with Gasteiger partial charge in [0.15, 0.2) is 0 Å². The Morgan fingerprint density at radius 1 is 1.89 bits per heavy atom. The zero-order valence-electron chi connectivity index (χ0n) is 5.52. The number of carbonyl (C=O) groups excluding carboxylic acids is 1. The minimum atomic E-state index is -0.221. The predicted molar refractivity (Wildman–Crippen MR) is 33.9 cm³/mol. The number of cyclic esters (lactones) is 1. The zero-order chi connectivity index (χ0) is 6.85. The van der Waals surface area contributed by atoms with Crippen LogP contribution in [0, 0.1) is 0 Å². The van der Waals surface area contributed by atoms with Crippen molar-refractivity contribution in [3.05, 3.63) is 12.2 Å². The van der Waals surface area contributed by atoms with Gasteiger partial charge in [0.05, 0.1) is 0 Å². The summed E-state index contributed by atoms with van der Waals surface area (Å²) in [4.78, 5) is 10.6. The number of carbonyl (C=O) groups is 1. The Kier molecular flexibility index (Phi) is 1.56. The Bertz CT molecular complexity index is 133. The summed E-state index contributed by atoms with van der Waals surface area (Å²) in [5.74, 6) is -0.221. The Hall–Kier alpha value is -0.790. The van der Waals surface area contributed by atoms with E-state index < -0.39 is 0 Å². The highest BCUT2D eigenvalue weighted by molar-refractivity contribution is 5.89. The average Bonchev–Trinajstić information content (AvgIpc) is 2.13. The highest BCUT2D eigenvalue weighted by Gasteiger charge is 2.25. The second kappa shape index (κ2) is 2.21. The van der Waals surface area contributed by atoms with Gasteiger partial charge in [-0.25, -0.2) is 4.79 Å². The highest BCUT2D eigenvalue weighted by Crippen LogP contribution is 2.20. The van der Waals surface area contributed by atoms with Crippen molar-refractivity contribution in [2.24, 2.45) is 0 Å². The Balaban J connectivity index is 2.54. The van der Waals surface area contributed by atoms with Crippen LogP contribution in [0.2, 0.25) is 0 Å². The summed E-state index contributed by atoms with van der Waals surface area (Å²) in [6.45, 7) is 5.56. The molecule has 1 aliphatic heterocycles. The van der Waals surface area contributed by atoms with Crippen molar-refractivity contribution >= 4 is 5.97 Å². The lowest BCUT2D eigenvalue weighted by Gasteiger charge is -2.01. The third kappa shape index (κ3) is 1.12. The van der Waals surface area contributed by atoms with Crippen molar-refractivity contribution in [3.63, 3.8) is 0 Å². The molecule has 2 nitrogen and oxygen atoms in total. The number of hydrogen-bond acceptors (Lipinski definition) is 2. The van der Waals surface area contributed by atoms with E-state index in [1.165, 1.54) is 0 Å². The maximum Gasteiger partial charge on any atom is 0.333 e. The van der Waals surface area contributed by atoms with Gasteiger partial charge in [-0.2, -0.15) is 0 Å². The topological polar surface area (TPSA) is 26.3 Å². The fraction of sp³-hybridized carbons (Fsp3) is 0.571. The molecule has 1 heterocycles. The van der Waals surface area contributed by atoms with E-state index in [4.69, 9.17) is 4.74 Å². The summed E-state index contributed by atoms with van der Waals surface area (Å²) in [6, 6.07) is 0. The van der Waals surface area contributed by atoms with Gasteiger partial charge in [-0.05, 0) is 6.42 Å². The summed E-state index contributed by atoms with van der Waals surface area (Å²) in [7, 11) is 0. The monoisotopic (exact) mass is 126 g/mol. The van der Waals surface area contributed by atoms with Gasteiger partial charge in [-0.3, -0.25) is 0 Å². The van der Waals surface area contributed by atoms with Gasteiger partial charge >= 0.3 is 5.97 Å². The van der Waals surface area contributed by atoms with Crippen LogP contribution < -0.4 is 0 Å². The second-order valence-electron chi connectivity index (χ2n) is 2.24. The molecule has 1 unspecified atom stereocenters. The van der Waals surface area contributed by atoms with E-state index in [0.717, 1.165) is 12.8 Å². The molecule has 1 saturated heterocycles. The molecule has 0 saturated carbocycles. The zero-order valence-corrected chi connectivity index (χ0v) is 5.52. The molecule has 0 spiro atoms. The third-order valence-electron chi connectivity index (χ3n) is 1.49. The van der Waals surface area contributed by atoms with E-state index in [0.29, 0.717) is 5.57 Å². The van der Waals surface area contributed by atoms with Crippen LogP contribution in [0.1, 0.15) is 19.8 Å². The van der Waals surface area contributed by atoms with Gasteiger partial charge in [0, 0.05) is 12.0 Å². The van der Waals surface area contributed by atoms with Crippen molar-refractivity contribution < 1.29 is 9.53 Å². The average molecular weight is 126 g/mol. The lowest BCUT2D eigenvalue weighted by Crippen LogP contribution is -2.03. The molecular formula is C7H10O2. The second-order valence-corrected chi connectivity index (χ2v) is 2.24. The molecule has 1 rings (SSSR count). The largest absolute Gasteiger partial charge is 0.459 e. The van der Waals surface area contributed by atoms with Crippen LogP contribution in [-0.4, -0.2) is 12.1 Å². The van der Waals surface area contributed by atoms with Crippen molar-refractivity contribution in [2.75, 3.05) is 0 Å². The van der Waals surface area contributed by atoms with Gasteiger partial charge in [-0.1, -0.05) is 13.5 Å². The number of esters is 1. The van der Waals surface area contributed by atoms with E-state index in [-0.39, 0.29) is 12.1 Å². The van der Waals surface area contributed by atoms with Gasteiger partial charge in [0.1, 0.15) is 6.10 Å². The van der Waals surface area contributed by atoms with Crippen LogP contribution in [0.3, 0.4) is 0 Å². The van der Waals surface area contributed by atoms with Crippen LogP contribution in [0.25, 0.3) is 0 Å². The molecule has 0 amide bonds. The molecule has 2 heteroatoms. The van der Waals surface area contributed by atoms with Crippen molar-refractivity contribution in [1.29, 1.82) is 0 Å². The Morgan fingerprint density at radius 2 is 2.56 bits per heavy atom. The first kappa shape index (κ1) is 6.33. The normalized spacial score (nSPS) is 26.6. The van der Waals surface area contributed by atoms with Crippen LogP contribution in [-0.2, 0) is 9.53 Å². The standard InChI is InChI=1S/C7H10O2/c1-3-6-4-5(2)7(8)9-6/h6H,2-4H2,1H3. The van der Waals surface area contributed by atoms with Crippen molar-refractivity contribution in [1.82, 2.24) is 0 Å². The molecule has 0 radical (unpaired) electrons. The van der Waals surface area contributed by atoms with Crippen LogP contribution in [0.15, 0.2) is 12.2 Å². The molecule has 1 atom stereocenters.